The van der Waals surface area contributed by atoms with Crippen LogP contribution in [0.5, 0.6) is 0 Å². The van der Waals surface area contributed by atoms with Gasteiger partial charge in [0.15, 0.2) is 5.17 Å². The number of carbonyl (C=O) groups is 2. The van der Waals surface area contributed by atoms with Gasteiger partial charge in [-0.1, -0.05) is 53.7 Å². The number of methoxy groups -OCH3 is 1. The molecule has 7 nitrogen and oxygen atoms in total. The van der Waals surface area contributed by atoms with Crippen LogP contribution in [0.15, 0.2) is 75.9 Å². The van der Waals surface area contributed by atoms with Gasteiger partial charge >= 0.3 is 5.97 Å². The highest BCUT2D eigenvalue weighted by Gasteiger charge is 2.41. The largest absolute Gasteiger partial charge is 0.466 e. The molecule has 1 saturated heterocycles. The Morgan fingerprint density at radius 3 is 2.50 bits per heavy atom. The molecule has 1 amide bonds. The molecule has 0 aromatic heterocycles. The predicted octanol–water partition coefficient (Wildman–Crippen LogP) is 4.62. The summed E-state index contributed by atoms with van der Waals surface area (Å²) < 4.78 is 19.3. The topological polar surface area (TPSA) is 65.5 Å². The molecule has 9 heteroatoms. The third-order valence-corrected chi connectivity index (χ3v) is 8.04. The van der Waals surface area contributed by atoms with Gasteiger partial charge in [0.1, 0.15) is 5.82 Å². The van der Waals surface area contributed by atoms with E-state index in [2.05, 4.69) is 41.1 Å². The number of hydrogen-bond donors (Lipinski definition) is 0. The van der Waals surface area contributed by atoms with Crippen molar-refractivity contribution >= 4 is 28.8 Å². The molecule has 0 N–H and O–H groups in total. The minimum absolute atomic E-state index is 0.0250. The highest BCUT2D eigenvalue weighted by Crippen LogP contribution is 2.45. The molecule has 38 heavy (non-hydrogen) atoms. The lowest BCUT2D eigenvalue weighted by molar-refractivity contribution is -0.136. The molecule has 0 bridgehead atoms. The molecular formula is C29H31FN4O3S. The number of allylic oxidation sites excluding steroid dienone is 1. The SMILES string of the molecule is COC(=O)C1=C(C)N=C2SC=C(CC(=O)N3CCN(Cc4ccc(C)cc4)CC3)N2C1c1cccc(F)c1. The van der Waals surface area contributed by atoms with Crippen LogP contribution in [0.1, 0.15) is 36.1 Å². The van der Waals surface area contributed by atoms with E-state index in [1.54, 1.807) is 19.1 Å². The minimum Gasteiger partial charge on any atom is -0.466 e. The first-order chi connectivity index (χ1) is 18.3. The average molecular weight is 535 g/mol. The zero-order valence-corrected chi connectivity index (χ0v) is 22.6. The summed E-state index contributed by atoms with van der Waals surface area (Å²) in [5, 5.41) is 2.57. The first kappa shape index (κ1) is 26.2. The number of thioether (sulfide) groups is 1. The minimum atomic E-state index is -0.633. The van der Waals surface area contributed by atoms with Gasteiger partial charge in [0.05, 0.1) is 30.8 Å². The summed E-state index contributed by atoms with van der Waals surface area (Å²) in [6.07, 6.45) is 0.170. The van der Waals surface area contributed by atoms with Gasteiger partial charge in [0.2, 0.25) is 5.91 Å². The maximum absolute atomic E-state index is 14.2. The van der Waals surface area contributed by atoms with Crippen LogP contribution in [0.2, 0.25) is 0 Å². The first-order valence-electron chi connectivity index (χ1n) is 12.7. The van der Waals surface area contributed by atoms with E-state index in [9.17, 15) is 14.0 Å². The van der Waals surface area contributed by atoms with Crippen LogP contribution in [-0.4, -0.2) is 65.0 Å². The smallest absolute Gasteiger partial charge is 0.338 e. The Balaban J connectivity index is 1.30. The summed E-state index contributed by atoms with van der Waals surface area (Å²) in [6.45, 7) is 7.64. The molecule has 1 fully saturated rings. The van der Waals surface area contributed by atoms with E-state index in [1.807, 2.05) is 15.2 Å². The first-order valence-corrected chi connectivity index (χ1v) is 13.6. The van der Waals surface area contributed by atoms with Crippen LogP contribution in [0.25, 0.3) is 0 Å². The number of piperazine rings is 1. The Kier molecular flexibility index (Phi) is 7.67. The number of amidine groups is 1. The number of halogens is 1. The standard InChI is InChI=1S/C29H31FN4O3S/c1-19-7-9-21(10-8-19)17-32-11-13-33(14-12-32)25(35)16-24-18-38-29-31-20(2)26(28(36)37-3)27(34(24)29)22-5-4-6-23(30)15-22/h4-10,15,18,27H,11-14,16-17H2,1-3H3. The van der Waals surface area contributed by atoms with Gasteiger partial charge in [0.25, 0.3) is 0 Å². The number of nitrogens with zero attached hydrogens (tertiary/aromatic N) is 4. The zero-order chi connectivity index (χ0) is 26.8. The van der Waals surface area contributed by atoms with Crippen LogP contribution in [-0.2, 0) is 20.9 Å². The van der Waals surface area contributed by atoms with Gasteiger partial charge in [-0.3, -0.25) is 9.69 Å². The second-order valence-corrected chi connectivity index (χ2v) is 10.6. The highest BCUT2D eigenvalue weighted by molar-refractivity contribution is 8.16. The van der Waals surface area contributed by atoms with Crippen molar-refractivity contribution in [2.75, 3.05) is 33.3 Å². The number of benzene rings is 2. The van der Waals surface area contributed by atoms with Crippen molar-refractivity contribution < 1.29 is 18.7 Å². The number of aryl methyl sites for hydroxylation is 1. The zero-order valence-electron chi connectivity index (χ0n) is 21.8. The number of ether oxygens (including phenoxy) is 1. The van der Waals surface area contributed by atoms with Crippen molar-refractivity contribution in [2.45, 2.75) is 32.9 Å². The molecular weight excluding hydrogens is 503 g/mol. The molecule has 0 radical (unpaired) electrons. The van der Waals surface area contributed by atoms with Gasteiger partial charge < -0.3 is 14.5 Å². The average Bonchev–Trinajstić information content (AvgIpc) is 3.30. The summed E-state index contributed by atoms with van der Waals surface area (Å²) in [4.78, 5) is 37.0. The van der Waals surface area contributed by atoms with Crippen molar-refractivity contribution in [3.63, 3.8) is 0 Å². The van der Waals surface area contributed by atoms with Crippen molar-refractivity contribution in [3.8, 4) is 0 Å². The number of hydrogen-bond acceptors (Lipinski definition) is 7. The summed E-state index contributed by atoms with van der Waals surface area (Å²) >= 11 is 1.41. The van der Waals surface area contributed by atoms with Gasteiger partial charge in [-0.25, -0.2) is 14.2 Å². The Hall–Kier alpha value is -3.43. The van der Waals surface area contributed by atoms with Crippen LogP contribution in [0.4, 0.5) is 4.39 Å². The lowest BCUT2D eigenvalue weighted by Gasteiger charge is -2.38. The number of rotatable bonds is 6. The van der Waals surface area contributed by atoms with E-state index < -0.39 is 17.8 Å². The Bertz CT molecular complexity index is 1330. The maximum Gasteiger partial charge on any atom is 0.338 e. The molecule has 1 atom stereocenters. The number of esters is 1. The molecule has 1 unspecified atom stereocenters. The van der Waals surface area contributed by atoms with Crippen molar-refractivity contribution in [1.29, 1.82) is 0 Å². The Labute approximate surface area is 226 Å². The molecule has 3 heterocycles. The van der Waals surface area contributed by atoms with Gasteiger partial charge in [0, 0.05) is 38.4 Å². The summed E-state index contributed by atoms with van der Waals surface area (Å²) in [7, 11) is 1.32. The number of aliphatic imine (C=N–C) groups is 1. The quantitative estimate of drug-likeness (QED) is 0.504. The second-order valence-electron chi connectivity index (χ2n) is 9.76. The van der Waals surface area contributed by atoms with E-state index in [0.717, 1.165) is 25.3 Å². The van der Waals surface area contributed by atoms with Crippen LogP contribution < -0.4 is 0 Å². The van der Waals surface area contributed by atoms with Gasteiger partial charge in [-0.2, -0.15) is 0 Å². The lowest BCUT2D eigenvalue weighted by atomic mass is 9.93. The number of carbonyl (C=O) groups excluding carboxylic acids is 2. The molecule has 0 spiro atoms. The summed E-state index contributed by atoms with van der Waals surface area (Å²) in [5.74, 6) is -0.894. The van der Waals surface area contributed by atoms with Crippen molar-refractivity contribution in [3.05, 3.63) is 93.4 Å². The fourth-order valence-electron chi connectivity index (χ4n) is 5.11. The second kappa shape index (κ2) is 11.1. The Morgan fingerprint density at radius 2 is 1.82 bits per heavy atom. The maximum atomic E-state index is 14.2. The third kappa shape index (κ3) is 5.39. The highest BCUT2D eigenvalue weighted by atomic mass is 32.2. The van der Waals surface area contributed by atoms with Gasteiger partial charge in [-0.05, 0) is 42.5 Å². The van der Waals surface area contributed by atoms with Crippen LogP contribution >= 0.6 is 11.8 Å². The predicted molar refractivity (Wildman–Crippen MR) is 146 cm³/mol. The fraction of sp³-hybridized carbons (Fsp3) is 0.345. The number of amides is 1. The molecule has 0 saturated carbocycles. The van der Waals surface area contributed by atoms with Crippen molar-refractivity contribution in [1.82, 2.24) is 14.7 Å². The third-order valence-electron chi connectivity index (χ3n) is 7.15. The normalized spacial score (nSPS) is 19.7. The molecule has 0 aliphatic carbocycles. The fourth-order valence-corrected chi connectivity index (χ4v) is 6.07. The van der Waals surface area contributed by atoms with Crippen LogP contribution in [0.3, 0.4) is 0 Å². The van der Waals surface area contributed by atoms with E-state index >= 15 is 0 Å². The van der Waals surface area contributed by atoms with Crippen LogP contribution in [0, 0.1) is 12.7 Å². The Morgan fingerprint density at radius 1 is 1.08 bits per heavy atom. The van der Waals surface area contributed by atoms with E-state index in [4.69, 9.17) is 4.74 Å². The van der Waals surface area contributed by atoms with Gasteiger partial charge in [-0.15, -0.1) is 0 Å². The molecule has 5 rings (SSSR count). The molecule has 2 aromatic carbocycles. The molecule has 2 aromatic rings. The summed E-state index contributed by atoms with van der Waals surface area (Å²) in [6, 6.07) is 14.1. The van der Waals surface area contributed by atoms with E-state index in [1.165, 1.54) is 42.1 Å². The van der Waals surface area contributed by atoms with Crippen molar-refractivity contribution in [2.24, 2.45) is 4.99 Å². The lowest BCUT2D eigenvalue weighted by Crippen LogP contribution is -2.48. The van der Waals surface area contributed by atoms with E-state index in [0.29, 0.717) is 35.1 Å². The molecule has 3 aliphatic heterocycles. The van der Waals surface area contributed by atoms with E-state index in [-0.39, 0.29) is 12.3 Å². The molecule has 3 aliphatic rings. The molecule has 198 valence electrons. The summed E-state index contributed by atoms with van der Waals surface area (Å²) in [5.41, 5.74) is 4.72. The monoisotopic (exact) mass is 534 g/mol. The number of fused-ring (bicyclic) bond motifs is 1.